The molecule has 1 aromatic carbocycles. The summed E-state index contributed by atoms with van der Waals surface area (Å²) in [7, 11) is 0. The highest BCUT2D eigenvalue weighted by atomic mass is 16.1. The third-order valence-electron chi connectivity index (χ3n) is 1.81. The standard InChI is InChI=1S/C11H13NO/c1-8(2)11(13)10-5-3-4-9(6-10)7-12/h3-6H,1,7,12H2,2H3. The minimum absolute atomic E-state index is 0.0182. The molecule has 0 heterocycles. The maximum absolute atomic E-state index is 11.5. The van der Waals surface area contributed by atoms with Crippen molar-refractivity contribution >= 4 is 5.78 Å². The molecule has 1 aromatic rings. The van der Waals surface area contributed by atoms with E-state index in [4.69, 9.17) is 5.73 Å². The molecular formula is C11H13NO. The average molecular weight is 175 g/mol. The normalized spacial score (nSPS) is 9.69. The fourth-order valence-corrected chi connectivity index (χ4v) is 1.09. The van der Waals surface area contributed by atoms with E-state index in [1.54, 1.807) is 19.1 Å². The first-order valence-electron chi connectivity index (χ1n) is 4.14. The number of ketones is 1. The van der Waals surface area contributed by atoms with Gasteiger partial charge in [0.1, 0.15) is 0 Å². The van der Waals surface area contributed by atoms with Gasteiger partial charge in [0.25, 0.3) is 0 Å². The highest BCUT2D eigenvalue weighted by molar-refractivity contribution is 6.07. The Morgan fingerprint density at radius 3 is 2.77 bits per heavy atom. The van der Waals surface area contributed by atoms with E-state index in [0.29, 0.717) is 17.7 Å². The Balaban J connectivity index is 3.02. The lowest BCUT2D eigenvalue weighted by atomic mass is 10.0. The van der Waals surface area contributed by atoms with E-state index in [2.05, 4.69) is 6.58 Å². The van der Waals surface area contributed by atoms with Crippen molar-refractivity contribution in [3.8, 4) is 0 Å². The molecular weight excluding hydrogens is 162 g/mol. The first-order chi connectivity index (χ1) is 6.15. The van der Waals surface area contributed by atoms with Gasteiger partial charge in [-0.3, -0.25) is 4.79 Å². The molecule has 2 N–H and O–H groups in total. The van der Waals surface area contributed by atoms with Crippen molar-refractivity contribution in [3.05, 3.63) is 47.5 Å². The highest BCUT2D eigenvalue weighted by Crippen LogP contribution is 2.09. The van der Waals surface area contributed by atoms with Gasteiger partial charge in [0.05, 0.1) is 0 Å². The summed E-state index contributed by atoms with van der Waals surface area (Å²) in [4.78, 5) is 11.5. The first kappa shape index (κ1) is 9.68. The van der Waals surface area contributed by atoms with Gasteiger partial charge in [0.15, 0.2) is 5.78 Å². The molecule has 0 saturated carbocycles. The van der Waals surface area contributed by atoms with E-state index in [9.17, 15) is 4.79 Å². The van der Waals surface area contributed by atoms with Crippen LogP contribution in [0.2, 0.25) is 0 Å². The molecule has 2 heteroatoms. The lowest BCUT2D eigenvalue weighted by molar-refractivity contribution is 0.103. The number of nitrogens with two attached hydrogens (primary N) is 1. The molecule has 0 atom stereocenters. The molecule has 0 unspecified atom stereocenters. The molecule has 0 amide bonds. The number of allylic oxidation sites excluding steroid dienone is 1. The van der Waals surface area contributed by atoms with Crippen LogP contribution in [0, 0.1) is 0 Å². The van der Waals surface area contributed by atoms with Crippen LogP contribution in [0.15, 0.2) is 36.4 Å². The van der Waals surface area contributed by atoms with Gasteiger partial charge in [-0.15, -0.1) is 0 Å². The van der Waals surface area contributed by atoms with Gasteiger partial charge in [0.2, 0.25) is 0 Å². The summed E-state index contributed by atoms with van der Waals surface area (Å²) in [5.41, 5.74) is 7.64. The summed E-state index contributed by atoms with van der Waals surface area (Å²) in [5.74, 6) is -0.0182. The molecule has 0 aliphatic heterocycles. The quantitative estimate of drug-likeness (QED) is 0.563. The number of Topliss-reactive ketones (excluding diaryl/α,β-unsaturated/α-hetero) is 1. The number of benzene rings is 1. The Morgan fingerprint density at radius 1 is 1.54 bits per heavy atom. The zero-order valence-corrected chi connectivity index (χ0v) is 7.71. The molecule has 0 bridgehead atoms. The Labute approximate surface area is 78.1 Å². The molecule has 0 aliphatic rings. The average Bonchev–Trinajstić information content (AvgIpc) is 2.16. The van der Waals surface area contributed by atoms with Crippen LogP contribution in [0.5, 0.6) is 0 Å². The molecule has 68 valence electrons. The van der Waals surface area contributed by atoms with Gasteiger partial charge >= 0.3 is 0 Å². The van der Waals surface area contributed by atoms with Crippen LogP contribution in [0.25, 0.3) is 0 Å². The lowest BCUT2D eigenvalue weighted by Gasteiger charge is -2.01. The Morgan fingerprint density at radius 2 is 2.23 bits per heavy atom. The molecule has 0 fully saturated rings. The smallest absolute Gasteiger partial charge is 0.188 e. The summed E-state index contributed by atoms with van der Waals surface area (Å²) in [5, 5.41) is 0. The van der Waals surface area contributed by atoms with Crippen molar-refractivity contribution in [1.82, 2.24) is 0 Å². The maximum atomic E-state index is 11.5. The number of hydrogen-bond donors (Lipinski definition) is 1. The zero-order chi connectivity index (χ0) is 9.84. The molecule has 0 radical (unpaired) electrons. The molecule has 0 aliphatic carbocycles. The van der Waals surface area contributed by atoms with Crippen molar-refractivity contribution in [1.29, 1.82) is 0 Å². The molecule has 1 rings (SSSR count). The lowest BCUT2D eigenvalue weighted by Crippen LogP contribution is -2.02. The monoisotopic (exact) mass is 175 g/mol. The number of carbonyl (C=O) groups excluding carboxylic acids is 1. The van der Waals surface area contributed by atoms with Crippen LogP contribution in [0.4, 0.5) is 0 Å². The van der Waals surface area contributed by atoms with Crippen molar-refractivity contribution in [3.63, 3.8) is 0 Å². The minimum atomic E-state index is -0.0182. The van der Waals surface area contributed by atoms with Crippen molar-refractivity contribution in [2.75, 3.05) is 0 Å². The van der Waals surface area contributed by atoms with E-state index in [1.165, 1.54) is 0 Å². The largest absolute Gasteiger partial charge is 0.326 e. The predicted molar refractivity (Wildman–Crippen MR) is 53.5 cm³/mol. The molecule has 0 aromatic heterocycles. The van der Waals surface area contributed by atoms with E-state index in [1.807, 2.05) is 12.1 Å². The minimum Gasteiger partial charge on any atom is -0.326 e. The van der Waals surface area contributed by atoms with E-state index >= 15 is 0 Å². The third-order valence-corrected chi connectivity index (χ3v) is 1.81. The van der Waals surface area contributed by atoms with Crippen molar-refractivity contribution in [2.24, 2.45) is 5.73 Å². The summed E-state index contributed by atoms with van der Waals surface area (Å²) in [6, 6.07) is 7.31. The zero-order valence-electron chi connectivity index (χ0n) is 7.71. The Hall–Kier alpha value is -1.41. The SMILES string of the molecule is C=C(C)C(=O)c1cccc(CN)c1. The second kappa shape index (κ2) is 4.01. The number of hydrogen-bond acceptors (Lipinski definition) is 2. The summed E-state index contributed by atoms with van der Waals surface area (Å²) in [6.45, 7) is 5.77. The van der Waals surface area contributed by atoms with Crippen LogP contribution in [0.3, 0.4) is 0 Å². The van der Waals surface area contributed by atoms with Gasteiger partial charge in [0, 0.05) is 12.1 Å². The second-order valence-electron chi connectivity index (χ2n) is 3.01. The van der Waals surface area contributed by atoms with Crippen LogP contribution in [-0.4, -0.2) is 5.78 Å². The summed E-state index contributed by atoms with van der Waals surface area (Å²) >= 11 is 0. The third kappa shape index (κ3) is 2.26. The van der Waals surface area contributed by atoms with E-state index in [-0.39, 0.29) is 5.78 Å². The topological polar surface area (TPSA) is 43.1 Å². The fraction of sp³-hybridized carbons (Fsp3) is 0.182. The van der Waals surface area contributed by atoms with Crippen LogP contribution < -0.4 is 5.73 Å². The van der Waals surface area contributed by atoms with Gasteiger partial charge in [-0.1, -0.05) is 24.8 Å². The fourth-order valence-electron chi connectivity index (χ4n) is 1.09. The summed E-state index contributed by atoms with van der Waals surface area (Å²) in [6.07, 6.45) is 0. The molecule has 0 spiro atoms. The van der Waals surface area contributed by atoms with Crippen molar-refractivity contribution < 1.29 is 4.79 Å². The Bertz CT molecular complexity index is 342. The molecule has 0 saturated heterocycles. The van der Waals surface area contributed by atoms with Gasteiger partial charge in [-0.25, -0.2) is 0 Å². The van der Waals surface area contributed by atoms with Gasteiger partial charge in [-0.2, -0.15) is 0 Å². The maximum Gasteiger partial charge on any atom is 0.188 e. The van der Waals surface area contributed by atoms with E-state index < -0.39 is 0 Å². The van der Waals surface area contributed by atoms with Crippen molar-refractivity contribution in [2.45, 2.75) is 13.5 Å². The Kier molecular flexibility index (Phi) is 2.98. The number of carbonyl (C=O) groups is 1. The highest BCUT2D eigenvalue weighted by Gasteiger charge is 2.05. The predicted octanol–water partition coefficient (Wildman–Crippen LogP) is 1.90. The molecule has 13 heavy (non-hydrogen) atoms. The molecule has 2 nitrogen and oxygen atoms in total. The van der Waals surface area contributed by atoms with Crippen LogP contribution in [-0.2, 0) is 6.54 Å². The number of rotatable bonds is 3. The summed E-state index contributed by atoms with van der Waals surface area (Å²) < 4.78 is 0. The van der Waals surface area contributed by atoms with E-state index in [0.717, 1.165) is 5.56 Å². The first-order valence-corrected chi connectivity index (χ1v) is 4.14. The van der Waals surface area contributed by atoms with Crippen LogP contribution in [0.1, 0.15) is 22.8 Å². The van der Waals surface area contributed by atoms with Gasteiger partial charge in [-0.05, 0) is 24.1 Å². The van der Waals surface area contributed by atoms with Gasteiger partial charge < -0.3 is 5.73 Å². The second-order valence-corrected chi connectivity index (χ2v) is 3.01. The van der Waals surface area contributed by atoms with Crippen LogP contribution >= 0.6 is 0 Å².